The molecule has 21 nitrogen and oxygen atoms in total. The van der Waals surface area contributed by atoms with E-state index in [-0.39, 0.29) is 28.3 Å². The molecule has 0 bridgehead atoms. The maximum atomic E-state index is 13.7. The van der Waals surface area contributed by atoms with E-state index >= 15 is 0 Å². The maximum absolute atomic E-state index is 13.7. The Kier molecular flexibility index (Phi) is 22.2. The first-order chi connectivity index (χ1) is 31.3. The van der Waals surface area contributed by atoms with E-state index in [0.29, 0.717) is 18.7 Å². The van der Waals surface area contributed by atoms with Gasteiger partial charge in [-0.25, -0.2) is 0 Å². The minimum Gasteiger partial charge on any atom is -0.508 e. The Balaban J connectivity index is 0.000000368. The molecule has 0 aromatic heterocycles. The molecule has 3 aliphatic rings. The number of nitrogens with two attached hydrogens (primary N) is 1. The third-order valence-electron chi connectivity index (χ3n) is 11.6. The van der Waals surface area contributed by atoms with E-state index in [4.69, 9.17) is 33.5 Å². The smallest absolute Gasteiger partial charge is 0.394 e. The predicted molar refractivity (Wildman–Crippen MR) is 250 cm³/mol. The van der Waals surface area contributed by atoms with Gasteiger partial charge < -0.3 is 67.8 Å². The van der Waals surface area contributed by atoms with E-state index in [1.807, 2.05) is 0 Å². The van der Waals surface area contributed by atoms with Crippen molar-refractivity contribution in [2.75, 3.05) is 40.3 Å². The summed E-state index contributed by atoms with van der Waals surface area (Å²) in [5, 5.41) is 99.0. The van der Waals surface area contributed by atoms with Crippen LogP contribution in [0.25, 0.3) is 5.76 Å². The summed E-state index contributed by atoms with van der Waals surface area (Å²) in [5.41, 5.74) is 3.13. The highest BCUT2D eigenvalue weighted by Gasteiger charge is 2.68. The van der Waals surface area contributed by atoms with Crippen LogP contribution in [0.1, 0.15) is 86.8 Å². The lowest BCUT2D eigenvalue weighted by Crippen LogP contribution is -2.70. The van der Waals surface area contributed by atoms with Gasteiger partial charge in [0.05, 0.1) is 35.8 Å². The standard InChI is InChI=1S/C22H24N2O8.2C12H19NO2.H2O4S.H2O/c1-7-8-5-4-6-9(25)11(8)16(26)12-10(7)17(27)14-15(24(2)3)18(28)13(21(23)31)20(30)22(14,32)19(12)29;2*1-2-3-8-13-9-12(15)10-4-6-11(14)7-5-10;1-5(2,3)4;/h4-7,10,14-15,17,25-27,30,32H,1-3H3,(H2,23,31);2*4-7,12-15H,2-3,8-9H2,1H3;(H2,1,2,3,4);1H2/t7-,10+,14+,15-,17-,22-;;;;/m0..../s1. The van der Waals surface area contributed by atoms with Crippen LogP contribution in [0, 0.1) is 11.8 Å². The topological polar surface area (TPSA) is 393 Å². The lowest BCUT2D eigenvalue weighted by Gasteiger charge is -2.53. The van der Waals surface area contributed by atoms with Gasteiger partial charge in [0.1, 0.15) is 34.3 Å². The van der Waals surface area contributed by atoms with E-state index in [0.717, 1.165) is 49.9 Å². The number of amides is 1. The Hall–Kier alpha value is -5.50. The first-order valence-corrected chi connectivity index (χ1v) is 22.9. The Morgan fingerprint density at radius 1 is 0.809 bits per heavy atom. The number of primary amides is 1. The van der Waals surface area contributed by atoms with Gasteiger partial charge in [0.25, 0.3) is 5.91 Å². The number of likely N-dealkylation sites (N-methyl/N-ethyl adjacent to an activating group) is 1. The summed E-state index contributed by atoms with van der Waals surface area (Å²) < 4.78 is 31.6. The van der Waals surface area contributed by atoms with Crippen molar-refractivity contribution in [3.63, 3.8) is 0 Å². The molecule has 3 aromatic carbocycles. The van der Waals surface area contributed by atoms with Gasteiger partial charge in [0.2, 0.25) is 5.78 Å². The normalized spacial score (nSPS) is 22.6. The molecule has 3 aromatic rings. The molecule has 1 saturated carbocycles. The van der Waals surface area contributed by atoms with Crippen LogP contribution < -0.4 is 16.4 Å². The second-order valence-corrected chi connectivity index (χ2v) is 17.5. The number of phenolic OH excluding ortho intramolecular Hbond substituents is 3. The van der Waals surface area contributed by atoms with Gasteiger partial charge >= 0.3 is 10.4 Å². The number of carbonyl (C=O) groups is 3. The second-order valence-electron chi connectivity index (χ2n) is 16.6. The van der Waals surface area contributed by atoms with Crippen LogP contribution in [-0.2, 0) is 24.8 Å². The number of fused-ring (bicyclic) bond motifs is 3. The van der Waals surface area contributed by atoms with Crippen molar-refractivity contribution >= 4 is 33.6 Å². The number of nitrogens with zero attached hydrogens (tertiary/aromatic N) is 1. The minimum absolute atomic E-state index is 0. The number of carbonyl (C=O) groups excluding carboxylic acids is 3. The Labute approximate surface area is 394 Å². The summed E-state index contributed by atoms with van der Waals surface area (Å²) in [6, 6.07) is 16.4. The average molecular weight is 979 g/mol. The van der Waals surface area contributed by atoms with Gasteiger partial charge in [-0.05, 0) is 93.0 Å². The highest BCUT2D eigenvalue weighted by Crippen LogP contribution is 2.56. The van der Waals surface area contributed by atoms with Crippen LogP contribution in [-0.4, -0.2) is 149 Å². The monoisotopic (exact) mass is 978 g/mol. The summed E-state index contributed by atoms with van der Waals surface area (Å²) in [6.45, 7) is 8.94. The van der Waals surface area contributed by atoms with Crippen molar-refractivity contribution < 1.29 is 83.3 Å². The molecule has 378 valence electrons. The summed E-state index contributed by atoms with van der Waals surface area (Å²) in [6.07, 6.45) is 1.98. The molecular formula is C46H66N4O17S. The number of benzene rings is 3. The molecule has 22 heteroatoms. The van der Waals surface area contributed by atoms with Gasteiger partial charge in [-0.1, -0.05) is 70.0 Å². The molecule has 0 radical (unpaired) electrons. The number of hydrogen-bond donors (Lipinski definition) is 14. The molecule has 1 fully saturated rings. The van der Waals surface area contributed by atoms with E-state index in [1.165, 1.54) is 25.1 Å². The summed E-state index contributed by atoms with van der Waals surface area (Å²) in [7, 11) is -1.75. The number of unbranched alkanes of at least 4 members (excludes halogenated alkanes) is 2. The van der Waals surface area contributed by atoms with E-state index in [2.05, 4.69) is 24.5 Å². The molecular weight excluding hydrogens is 913 g/mol. The number of aliphatic hydroxyl groups excluding tert-OH is 5. The van der Waals surface area contributed by atoms with Crippen LogP contribution in [0.15, 0.2) is 83.6 Å². The number of nitrogens with one attached hydrogen (secondary N) is 2. The molecule has 0 spiro atoms. The summed E-state index contributed by atoms with van der Waals surface area (Å²) >= 11 is 0. The van der Waals surface area contributed by atoms with Crippen molar-refractivity contribution in [2.45, 2.75) is 82.3 Å². The number of aliphatic hydroxyl groups is 6. The van der Waals surface area contributed by atoms with Gasteiger partial charge in [0.15, 0.2) is 11.4 Å². The largest absolute Gasteiger partial charge is 0.508 e. The zero-order valence-corrected chi connectivity index (χ0v) is 39.3. The maximum Gasteiger partial charge on any atom is 0.394 e. The predicted octanol–water partition coefficient (Wildman–Crippen LogP) is 1.65. The zero-order valence-electron chi connectivity index (χ0n) is 38.4. The molecule has 68 heavy (non-hydrogen) atoms. The fourth-order valence-electron chi connectivity index (χ4n) is 8.29. The number of rotatable bonds is 14. The third kappa shape index (κ3) is 14.3. The first-order valence-electron chi connectivity index (χ1n) is 21.5. The molecule has 3 aliphatic carbocycles. The molecule has 2 unspecified atom stereocenters. The molecule has 1 amide bonds. The van der Waals surface area contributed by atoms with Crippen LogP contribution in [0.4, 0.5) is 0 Å². The third-order valence-corrected chi connectivity index (χ3v) is 11.6. The second kappa shape index (κ2) is 25.7. The Bertz CT molecular complexity index is 2270. The number of ketones is 2. The van der Waals surface area contributed by atoms with Gasteiger partial charge in [-0.15, -0.1) is 0 Å². The lowest BCUT2D eigenvalue weighted by molar-refractivity contribution is -0.169. The van der Waals surface area contributed by atoms with Crippen LogP contribution in [0.2, 0.25) is 0 Å². The van der Waals surface area contributed by atoms with Crippen molar-refractivity contribution in [2.24, 2.45) is 17.6 Å². The quantitative estimate of drug-likeness (QED) is 0.0620. The van der Waals surface area contributed by atoms with Crippen molar-refractivity contribution in [3.05, 3.63) is 106 Å². The lowest BCUT2D eigenvalue weighted by atomic mass is 9.54. The van der Waals surface area contributed by atoms with Crippen LogP contribution in [0.5, 0.6) is 17.2 Å². The first kappa shape index (κ1) is 58.6. The molecule has 0 aliphatic heterocycles. The molecule has 8 atom stereocenters. The summed E-state index contributed by atoms with van der Waals surface area (Å²) in [4.78, 5) is 40.0. The fourth-order valence-corrected chi connectivity index (χ4v) is 8.29. The highest BCUT2D eigenvalue weighted by molar-refractivity contribution is 7.79. The van der Waals surface area contributed by atoms with Crippen molar-refractivity contribution in [1.29, 1.82) is 0 Å². The number of aromatic hydroxyl groups is 3. The van der Waals surface area contributed by atoms with Crippen LogP contribution in [0.3, 0.4) is 0 Å². The van der Waals surface area contributed by atoms with Gasteiger partial charge in [-0.2, -0.15) is 8.42 Å². The fraction of sp³-hybridized carbons (Fsp3) is 0.457. The molecule has 0 heterocycles. The Morgan fingerprint density at radius 3 is 1.65 bits per heavy atom. The SMILES string of the molecule is CCCCNCC(O)c1ccc(O)cc1.CCCCNCC(O)c1ccc(O)cc1.C[C@H]1c2cccc(O)c2C(O)=C2C(=O)[C@]3(O)C(O)=C(C(N)=O)C(=O)[C@@H](N(C)C)[C@@H]3[C@@H](O)[C@@H]21.O.O=S(=O)(O)O. The van der Waals surface area contributed by atoms with E-state index < -0.39 is 98.2 Å². The Morgan fingerprint density at radius 2 is 1.25 bits per heavy atom. The van der Waals surface area contributed by atoms with Gasteiger partial charge in [0, 0.05) is 24.6 Å². The number of Topliss-reactive ketones (excluding diaryl/α,β-unsaturated/α-hetero) is 2. The summed E-state index contributed by atoms with van der Waals surface area (Å²) in [5.74, 6) is -8.41. The average Bonchev–Trinajstić information content (AvgIpc) is 3.25. The van der Waals surface area contributed by atoms with Gasteiger partial charge in [-0.3, -0.25) is 28.4 Å². The molecule has 6 rings (SSSR count). The highest BCUT2D eigenvalue weighted by atomic mass is 32.3. The number of hydrogen-bond acceptors (Lipinski definition) is 17. The van der Waals surface area contributed by atoms with E-state index in [9.17, 15) is 50.1 Å². The van der Waals surface area contributed by atoms with Crippen molar-refractivity contribution in [3.8, 4) is 17.2 Å². The van der Waals surface area contributed by atoms with E-state index in [1.54, 1.807) is 67.6 Å². The number of phenols is 3. The molecule has 17 N–H and O–H groups in total. The zero-order chi connectivity index (χ0) is 50.6. The van der Waals surface area contributed by atoms with Crippen molar-refractivity contribution in [1.82, 2.24) is 15.5 Å². The molecule has 0 saturated heterocycles. The minimum atomic E-state index is -4.67. The van der Waals surface area contributed by atoms with Crippen LogP contribution >= 0.6 is 0 Å².